The van der Waals surface area contributed by atoms with E-state index in [1.54, 1.807) is 19.1 Å². The van der Waals surface area contributed by atoms with Crippen LogP contribution in [0.1, 0.15) is 22.6 Å². The minimum atomic E-state index is -0.765. The van der Waals surface area contributed by atoms with Gasteiger partial charge in [0.15, 0.2) is 5.65 Å². The van der Waals surface area contributed by atoms with Crippen molar-refractivity contribution >= 4 is 57.2 Å². The highest BCUT2D eigenvalue weighted by Crippen LogP contribution is 2.36. The number of carbonyl (C=O) groups excluding carboxylic acids is 2. The molecule has 4 bridgehead atoms. The van der Waals surface area contributed by atoms with Gasteiger partial charge in [-0.25, -0.2) is 28.2 Å². The number of amides is 1. The van der Waals surface area contributed by atoms with Gasteiger partial charge in [-0.05, 0) is 61.3 Å². The molecule has 0 aliphatic carbocycles. The Labute approximate surface area is 306 Å². The first-order chi connectivity index (χ1) is 25.5. The first-order valence-electron chi connectivity index (χ1n) is 16.8. The third-order valence-corrected chi connectivity index (χ3v) is 9.95. The standard InChI is InChI=1S/C36H33ClF2N10O4/c1-18-41-27-12-20(39)11-23-26-6-5-7-30(43-26)42-21-13-29(34(50)46(2)16-22(52-3)17-47(18)31(23)27)48(15-21)32-25-14-40-49(33(25)45-36(37)44-32)28-9-8-19(38)10-24(28)35(51)53-4/h5-12,14,21-22,29H,13,15-17H2,1-4H3,(H,42,43)/t21-,22-,29-/m0/s1. The summed E-state index contributed by atoms with van der Waals surface area (Å²) < 4.78 is 43.4. The van der Waals surface area contributed by atoms with Crippen molar-refractivity contribution in [3.8, 4) is 16.9 Å². The molecule has 4 aromatic heterocycles. The average Bonchev–Trinajstić information content (AvgIpc) is 3.84. The van der Waals surface area contributed by atoms with E-state index in [0.717, 1.165) is 11.6 Å². The van der Waals surface area contributed by atoms with Crippen LogP contribution in [-0.2, 0) is 20.8 Å². The fourth-order valence-electron chi connectivity index (χ4n) is 7.34. The number of anilines is 2. The molecule has 1 saturated heterocycles. The van der Waals surface area contributed by atoms with Crippen molar-refractivity contribution in [1.82, 2.24) is 39.2 Å². The Bertz CT molecular complexity index is 2440. The van der Waals surface area contributed by atoms with Gasteiger partial charge in [-0.3, -0.25) is 4.79 Å². The molecule has 2 aliphatic rings. The predicted octanol–water partition coefficient (Wildman–Crippen LogP) is 4.80. The quantitative estimate of drug-likeness (QED) is 0.196. The zero-order chi connectivity index (χ0) is 37.1. The lowest BCUT2D eigenvalue weighted by molar-refractivity contribution is -0.132. The Hall–Kier alpha value is -5.74. The molecule has 1 amide bonds. The summed E-state index contributed by atoms with van der Waals surface area (Å²) in [5, 5.41) is 8.30. The van der Waals surface area contributed by atoms with Gasteiger partial charge in [-0.1, -0.05) is 6.07 Å². The molecular formula is C36H33ClF2N10O4. The summed E-state index contributed by atoms with van der Waals surface area (Å²) in [7, 11) is 4.51. The van der Waals surface area contributed by atoms with Crippen LogP contribution in [0.3, 0.4) is 0 Å². The van der Waals surface area contributed by atoms with Crippen molar-refractivity contribution in [2.45, 2.75) is 38.1 Å². The summed E-state index contributed by atoms with van der Waals surface area (Å²) in [5.41, 5.74) is 2.72. The topological polar surface area (TPSA) is 145 Å². The van der Waals surface area contributed by atoms with Gasteiger partial charge in [0.2, 0.25) is 11.2 Å². The number of aryl methyl sites for hydroxylation is 1. The van der Waals surface area contributed by atoms with Crippen LogP contribution in [0.25, 0.3) is 39.0 Å². The van der Waals surface area contributed by atoms with E-state index in [1.807, 2.05) is 34.6 Å². The van der Waals surface area contributed by atoms with Gasteiger partial charge >= 0.3 is 5.97 Å². The fourth-order valence-corrected chi connectivity index (χ4v) is 7.50. The summed E-state index contributed by atoms with van der Waals surface area (Å²) in [6, 6.07) is 11.0. The molecule has 0 unspecified atom stereocenters. The minimum Gasteiger partial charge on any atom is -0.465 e. The number of carbonyl (C=O) groups is 2. The maximum atomic E-state index is 15.0. The Morgan fingerprint density at radius 3 is 2.62 bits per heavy atom. The molecule has 53 heavy (non-hydrogen) atoms. The van der Waals surface area contributed by atoms with Crippen LogP contribution in [-0.4, -0.2) is 104 Å². The summed E-state index contributed by atoms with van der Waals surface area (Å²) >= 11 is 6.55. The number of benzene rings is 2. The number of hydrogen-bond donors (Lipinski definition) is 1. The van der Waals surface area contributed by atoms with Gasteiger partial charge in [0.25, 0.3) is 0 Å². The Morgan fingerprint density at radius 1 is 1.00 bits per heavy atom. The smallest absolute Gasteiger partial charge is 0.340 e. The largest absolute Gasteiger partial charge is 0.465 e. The molecular weight excluding hydrogens is 710 g/mol. The SMILES string of the molecule is COC(=O)c1cc(F)ccc1-n1ncc2c(N3C[C@@H]4C[C@H]3C(=O)N(C)C[C@H](OC)Cn3c(C)nc5cc(F)cc(c53)-c3cccc(n3)N4)nc(Cl)nc21. The van der Waals surface area contributed by atoms with E-state index < -0.39 is 29.7 Å². The number of ether oxygens (including phenoxy) is 2. The van der Waals surface area contributed by atoms with E-state index in [0.29, 0.717) is 59.1 Å². The predicted molar refractivity (Wildman–Crippen MR) is 192 cm³/mol. The number of hydrogen-bond acceptors (Lipinski definition) is 11. The zero-order valence-electron chi connectivity index (χ0n) is 29.0. The zero-order valence-corrected chi connectivity index (χ0v) is 29.8. The molecule has 272 valence electrons. The van der Waals surface area contributed by atoms with Crippen LogP contribution in [0, 0.1) is 18.6 Å². The molecule has 17 heteroatoms. The van der Waals surface area contributed by atoms with E-state index >= 15 is 4.39 Å². The van der Waals surface area contributed by atoms with Crippen molar-refractivity contribution in [2.75, 3.05) is 44.6 Å². The van der Waals surface area contributed by atoms with E-state index in [2.05, 4.69) is 25.4 Å². The van der Waals surface area contributed by atoms with Crippen LogP contribution >= 0.6 is 11.6 Å². The summed E-state index contributed by atoms with van der Waals surface area (Å²) in [6.07, 6.45) is 1.42. The minimum absolute atomic E-state index is 0.0681. The second kappa shape index (κ2) is 13.3. The number of likely N-dealkylation sites (N-methyl/N-ethyl adjacent to an activating group) is 1. The number of nitrogens with zero attached hydrogens (tertiary/aromatic N) is 9. The fraction of sp³-hybridized carbons (Fsp3) is 0.306. The molecule has 14 nitrogen and oxygen atoms in total. The second-order valence-corrected chi connectivity index (χ2v) is 13.4. The van der Waals surface area contributed by atoms with Crippen LogP contribution in [0.5, 0.6) is 0 Å². The van der Waals surface area contributed by atoms with Gasteiger partial charge in [0.05, 0.1) is 59.3 Å². The average molecular weight is 743 g/mol. The maximum Gasteiger partial charge on any atom is 0.340 e. The van der Waals surface area contributed by atoms with E-state index in [4.69, 9.17) is 26.1 Å². The van der Waals surface area contributed by atoms with Gasteiger partial charge < -0.3 is 29.2 Å². The maximum absolute atomic E-state index is 15.0. The number of methoxy groups -OCH3 is 2. The first kappa shape index (κ1) is 34.4. The summed E-state index contributed by atoms with van der Waals surface area (Å²) in [4.78, 5) is 49.2. The van der Waals surface area contributed by atoms with E-state index in [1.165, 1.54) is 42.3 Å². The van der Waals surface area contributed by atoms with Crippen molar-refractivity contribution < 1.29 is 27.8 Å². The van der Waals surface area contributed by atoms with Crippen LogP contribution in [0.15, 0.2) is 54.7 Å². The number of pyridine rings is 1. The van der Waals surface area contributed by atoms with Crippen molar-refractivity contribution in [3.05, 3.63) is 83.0 Å². The molecule has 1 fully saturated rings. The van der Waals surface area contributed by atoms with E-state index in [9.17, 15) is 14.0 Å². The van der Waals surface area contributed by atoms with Crippen LogP contribution < -0.4 is 10.2 Å². The lowest BCUT2D eigenvalue weighted by Gasteiger charge is -2.31. The molecule has 2 aliphatic heterocycles. The number of esters is 1. The molecule has 1 N–H and O–H groups in total. The molecule has 0 spiro atoms. The van der Waals surface area contributed by atoms with Gasteiger partial charge in [-0.2, -0.15) is 15.1 Å². The molecule has 0 saturated carbocycles. The lowest BCUT2D eigenvalue weighted by Crippen LogP contribution is -2.47. The Kier molecular flexibility index (Phi) is 8.65. The first-order valence-corrected chi connectivity index (χ1v) is 17.1. The highest BCUT2D eigenvalue weighted by atomic mass is 35.5. The summed E-state index contributed by atoms with van der Waals surface area (Å²) in [6.45, 7) is 2.72. The third kappa shape index (κ3) is 6.06. The second-order valence-electron chi connectivity index (χ2n) is 13.1. The third-order valence-electron chi connectivity index (χ3n) is 9.78. The molecule has 3 atom stereocenters. The van der Waals surface area contributed by atoms with Crippen molar-refractivity contribution in [2.24, 2.45) is 0 Å². The summed E-state index contributed by atoms with van der Waals surface area (Å²) in [5.74, 6) is -0.483. The number of nitrogens with one attached hydrogen (secondary N) is 1. The normalized spacial score (nSPS) is 19.0. The van der Waals surface area contributed by atoms with Crippen molar-refractivity contribution in [3.63, 3.8) is 0 Å². The molecule has 6 aromatic rings. The number of rotatable bonds is 4. The Balaban J connectivity index is 1.24. The lowest BCUT2D eigenvalue weighted by atomic mass is 10.1. The van der Waals surface area contributed by atoms with Gasteiger partial charge in [-0.15, -0.1) is 0 Å². The monoisotopic (exact) mass is 742 g/mol. The van der Waals surface area contributed by atoms with Gasteiger partial charge in [0, 0.05) is 44.9 Å². The Morgan fingerprint density at radius 2 is 1.83 bits per heavy atom. The molecule has 0 radical (unpaired) electrons. The number of imidazole rings is 1. The van der Waals surface area contributed by atoms with Crippen molar-refractivity contribution in [1.29, 1.82) is 0 Å². The number of fused-ring (bicyclic) bond motifs is 6. The number of aromatic nitrogens is 7. The highest BCUT2D eigenvalue weighted by molar-refractivity contribution is 6.28. The van der Waals surface area contributed by atoms with E-state index in [-0.39, 0.29) is 40.7 Å². The van der Waals surface area contributed by atoms with Crippen LogP contribution in [0.2, 0.25) is 5.28 Å². The molecule has 8 rings (SSSR count). The molecule has 2 aromatic carbocycles. The van der Waals surface area contributed by atoms with Gasteiger partial charge in [0.1, 0.15) is 35.1 Å². The molecule has 6 heterocycles. The number of halogens is 3. The highest BCUT2D eigenvalue weighted by Gasteiger charge is 2.41. The van der Waals surface area contributed by atoms with Crippen LogP contribution in [0.4, 0.5) is 20.4 Å².